The van der Waals surface area contributed by atoms with Crippen molar-refractivity contribution < 1.29 is 18.3 Å². The second-order valence-corrected chi connectivity index (χ2v) is 7.50. The van der Waals surface area contributed by atoms with Gasteiger partial charge in [-0.25, -0.2) is 8.42 Å². The van der Waals surface area contributed by atoms with Gasteiger partial charge < -0.3 is 9.84 Å². The SMILES string of the molecule is CCOc1ccc(NS(=O)(=O)c2cc(Br)ccc2C)cc1CO. The van der Waals surface area contributed by atoms with Gasteiger partial charge in [-0.2, -0.15) is 0 Å². The first-order valence-electron chi connectivity index (χ1n) is 7.03. The number of aliphatic hydroxyl groups excluding tert-OH is 1. The van der Waals surface area contributed by atoms with Crippen LogP contribution in [-0.2, 0) is 16.6 Å². The molecule has 0 saturated carbocycles. The Morgan fingerprint density at radius 1 is 1.22 bits per heavy atom. The number of rotatable bonds is 6. The highest BCUT2D eigenvalue weighted by Crippen LogP contribution is 2.26. The van der Waals surface area contributed by atoms with E-state index in [1.807, 2.05) is 6.92 Å². The predicted molar refractivity (Wildman–Crippen MR) is 93.2 cm³/mol. The number of hydrogen-bond acceptors (Lipinski definition) is 4. The fourth-order valence-corrected chi connectivity index (χ4v) is 3.97. The van der Waals surface area contributed by atoms with E-state index in [4.69, 9.17) is 4.74 Å². The lowest BCUT2D eigenvalue weighted by Gasteiger charge is -2.13. The minimum atomic E-state index is -3.72. The summed E-state index contributed by atoms with van der Waals surface area (Å²) in [5.74, 6) is 0.539. The minimum absolute atomic E-state index is 0.200. The average Bonchev–Trinajstić information content (AvgIpc) is 2.51. The van der Waals surface area contributed by atoms with Crippen LogP contribution in [0.1, 0.15) is 18.1 Å². The van der Waals surface area contributed by atoms with Crippen molar-refractivity contribution in [2.45, 2.75) is 25.3 Å². The van der Waals surface area contributed by atoms with Crippen molar-refractivity contribution >= 4 is 31.6 Å². The number of anilines is 1. The van der Waals surface area contributed by atoms with Gasteiger partial charge in [-0.1, -0.05) is 22.0 Å². The monoisotopic (exact) mass is 399 g/mol. The number of aryl methyl sites for hydroxylation is 1. The Labute approximate surface area is 144 Å². The van der Waals surface area contributed by atoms with Gasteiger partial charge in [-0.3, -0.25) is 4.72 Å². The summed E-state index contributed by atoms with van der Waals surface area (Å²) in [6, 6.07) is 9.88. The third-order valence-corrected chi connectivity index (χ3v) is 5.24. The summed E-state index contributed by atoms with van der Waals surface area (Å²) in [5, 5.41) is 9.40. The topological polar surface area (TPSA) is 75.6 Å². The first-order chi connectivity index (χ1) is 10.9. The molecular formula is C16H18BrNO4S. The maximum absolute atomic E-state index is 12.6. The van der Waals surface area contributed by atoms with Gasteiger partial charge in [0.25, 0.3) is 10.0 Å². The molecule has 2 rings (SSSR count). The van der Waals surface area contributed by atoms with Crippen LogP contribution in [0.25, 0.3) is 0 Å². The molecule has 0 aliphatic heterocycles. The Balaban J connectivity index is 2.35. The maximum atomic E-state index is 12.6. The summed E-state index contributed by atoms with van der Waals surface area (Å²) >= 11 is 3.28. The molecule has 0 fully saturated rings. The van der Waals surface area contributed by atoms with Crippen LogP contribution in [0.5, 0.6) is 5.75 Å². The highest BCUT2D eigenvalue weighted by atomic mass is 79.9. The van der Waals surface area contributed by atoms with Gasteiger partial charge in [0, 0.05) is 15.7 Å². The zero-order valence-electron chi connectivity index (χ0n) is 12.8. The van der Waals surface area contributed by atoms with Gasteiger partial charge in [0.05, 0.1) is 18.1 Å². The van der Waals surface area contributed by atoms with E-state index < -0.39 is 10.0 Å². The molecule has 0 unspecified atom stereocenters. The van der Waals surface area contributed by atoms with Crippen molar-refractivity contribution in [1.82, 2.24) is 0 Å². The molecule has 0 aliphatic rings. The molecule has 0 aromatic heterocycles. The molecule has 0 amide bonds. The molecule has 0 saturated heterocycles. The van der Waals surface area contributed by atoms with E-state index in [9.17, 15) is 13.5 Å². The van der Waals surface area contributed by atoms with Gasteiger partial charge in [0.15, 0.2) is 0 Å². The number of aliphatic hydroxyl groups is 1. The Bertz CT molecular complexity index is 806. The van der Waals surface area contributed by atoms with E-state index in [1.54, 1.807) is 43.3 Å². The van der Waals surface area contributed by atoms with E-state index in [0.717, 1.165) is 0 Å². The fourth-order valence-electron chi connectivity index (χ4n) is 2.14. The summed E-state index contributed by atoms with van der Waals surface area (Å²) in [5.41, 5.74) is 1.55. The van der Waals surface area contributed by atoms with E-state index in [2.05, 4.69) is 20.7 Å². The van der Waals surface area contributed by atoms with E-state index in [-0.39, 0.29) is 11.5 Å². The molecule has 0 atom stereocenters. The number of sulfonamides is 1. The Hall–Kier alpha value is -1.57. The third-order valence-electron chi connectivity index (χ3n) is 3.22. The second kappa shape index (κ2) is 7.33. The zero-order chi connectivity index (χ0) is 17.0. The summed E-state index contributed by atoms with van der Waals surface area (Å²) in [7, 11) is -3.72. The molecule has 2 aromatic rings. The number of ether oxygens (including phenoxy) is 1. The molecule has 2 N–H and O–H groups in total. The third kappa shape index (κ3) is 4.25. The largest absolute Gasteiger partial charge is 0.494 e. The van der Waals surface area contributed by atoms with Gasteiger partial charge >= 0.3 is 0 Å². The van der Waals surface area contributed by atoms with Crippen molar-refractivity contribution in [1.29, 1.82) is 0 Å². The standard InChI is InChI=1S/C16H18BrNO4S/c1-3-22-15-7-6-14(8-12(15)10-19)18-23(20,21)16-9-13(17)5-4-11(16)2/h4-9,18-19H,3,10H2,1-2H3. The highest BCUT2D eigenvalue weighted by Gasteiger charge is 2.18. The zero-order valence-corrected chi connectivity index (χ0v) is 15.2. The van der Waals surface area contributed by atoms with Crippen molar-refractivity contribution in [3.63, 3.8) is 0 Å². The van der Waals surface area contributed by atoms with Gasteiger partial charge in [-0.05, 0) is 49.7 Å². The van der Waals surface area contributed by atoms with Crippen molar-refractivity contribution in [3.8, 4) is 5.75 Å². The van der Waals surface area contributed by atoms with Crippen LogP contribution >= 0.6 is 15.9 Å². The highest BCUT2D eigenvalue weighted by molar-refractivity contribution is 9.10. The van der Waals surface area contributed by atoms with Crippen molar-refractivity contribution in [3.05, 3.63) is 52.0 Å². The van der Waals surface area contributed by atoms with Crippen LogP contribution in [0.2, 0.25) is 0 Å². The molecule has 0 heterocycles. The summed E-state index contributed by atoms with van der Waals surface area (Å²) in [6.45, 7) is 3.81. The number of halogens is 1. The number of benzene rings is 2. The lowest BCUT2D eigenvalue weighted by Crippen LogP contribution is -2.14. The van der Waals surface area contributed by atoms with E-state index in [1.165, 1.54) is 0 Å². The Morgan fingerprint density at radius 2 is 1.96 bits per heavy atom. The van der Waals surface area contributed by atoms with Crippen molar-refractivity contribution in [2.75, 3.05) is 11.3 Å². The van der Waals surface area contributed by atoms with Crippen LogP contribution in [0.15, 0.2) is 45.8 Å². The van der Waals surface area contributed by atoms with Crippen LogP contribution in [0.3, 0.4) is 0 Å². The van der Waals surface area contributed by atoms with Crippen LogP contribution < -0.4 is 9.46 Å². The molecule has 0 bridgehead atoms. The predicted octanol–water partition coefficient (Wildman–Crippen LogP) is 3.45. The molecule has 2 aromatic carbocycles. The first-order valence-corrected chi connectivity index (χ1v) is 9.30. The Morgan fingerprint density at radius 3 is 2.61 bits per heavy atom. The quantitative estimate of drug-likeness (QED) is 0.779. The molecular weight excluding hydrogens is 382 g/mol. The summed E-state index contributed by atoms with van der Waals surface area (Å²) in [4.78, 5) is 0.200. The fraction of sp³-hybridized carbons (Fsp3) is 0.250. The maximum Gasteiger partial charge on any atom is 0.262 e. The van der Waals surface area contributed by atoms with Crippen LogP contribution in [-0.4, -0.2) is 20.1 Å². The van der Waals surface area contributed by atoms with E-state index in [0.29, 0.717) is 33.6 Å². The number of hydrogen-bond donors (Lipinski definition) is 2. The molecule has 0 aliphatic carbocycles. The average molecular weight is 400 g/mol. The van der Waals surface area contributed by atoms with E-state index >= 15 is 0 Å². The first kappa shape index (κ1) is 17.8. The molecule has 0 radical (unpaired) electrons. The van der Waals surface area contributed by atoms with Crippen LogP contribution in [0, 0.1) is 6.92 Å². The van der Waals surface area contributed by atoms with Crippen molar-refractivity contribution in [2.24, 2.45) is 0 Å². The molecule has 5 nitrogen and oxygen atoms in total. The van der Waals surface area contributed by atoms with Gasteiger partial charge in [-0.15, -0.1) is 0 Å². The summed E-state index contributed by atoms with van der Waals surface area (Å²) in [6.07, 6.45) is 0. The lowest BCUT2D eigenvalue weighted by molar-refractivity contribution is 0.267. The number of nitrogens with one attached hydrogen (secondary N) is 1. The Kier molecular flexibility index (Phi) is 5.67. The molecule has 23 heavy (non-hydrogen) atoms. The second-order valence-electron chi connectivity index (χ2n) is 4.93. The minimum Gasteiger partial charge on any atom is -0.494 e. The normalized spacial score (nSPS) is 11.3. The molecule has 124 valence electrons. The van der Waals surface area contributed by atoms with Gasteiger partial charge in [0.2, 0.25) is 0 Å². The molecule has 0 spiro atoms. The summed E-state index contributed by atoms with van der Waals surface area (Å²) < 4.78 is 33.7. The smallest absolute Gasteiger partial charge is 0.262 e. The molecule has 7 heteroatoms. The van der Waals surface area contributed by atoms with Gasteiger partial charge in [0.1, 0.15) is 5.75 Å². The lowest BCUT2D eigenvalue weighted by atomic mass is 10.2. The van der Waals surface area contributed by atoms with Crippen LogP contribution in [0.4, 0.5) is 5.69 Å².